The van der Waals surface area contributed by atoms with E-state index in [4.69, 9.17) is 0 Å². The topological polar surface area (TPSA) is 50.7 Å². The first-order valence-corrected chi connectivity index (χ1v) is 3.77. The van der Waals surface area contributed by atoms with E-state index in [1.54, 1.807) is 13.3 Å². The molecule has 0 fully saturated rings. The van der Waals surface area contributed by atoms with Crippen molar-refractivity contribution in [1.82, 2.24) is 5.32 Å². The van der Waals surface area contributed by atoms with Gasteiger partial charge in [-0.1, -0.05) is 0 Å². The fourth-order valence-electron chi connectivity index (χ4n) is 0.741. The number of aliphatic imine (C=N–C) groups is 1. The third-order valence-electron chi connectivity index (χ3n) is 1.37. The Morgan fingerprint density at radius 3 is 2.67 bits per heavy atom. The first-order valence-electron chi connectivity index (χ1n) is 3.77. The first-order chi connectivity index (χ1) is 5.52. The van der Waals surface area contributed by atoms with Gasteiger partial charge < -0.3 is 4.74 Å². The highest BCUT2D eigenvalue weighted by atomic mass is 16.5. The largest absolute Gasteiger partial charge is 0.468 e. The molecule has 0 heterocycles. The first kappa shape index (κ1) is 11.1. The van der Waals surface area contributed by atoms with Gasteiger partial charge in [-0.25, -0.2) is 0 Å². The third kappa shape index (κ3) is 4.85. The number of methoxy groups -OCH3 is 1. The molecule has 0 aliphatic carbocycles. The van der Waals surface area contributed by atoms with Gasteiger partial charge in [0.2, 0.25) is 0 Å². The molecule has 0 aliphatic heterocycles. The number of hydrogen-bond donors (Lipinski definition) is 1. The van der Waals surface area contributed by atoms with Crippen LogP contribution in [-0.4, -0.2) is 38.4 Å². The van der Waals surface area contributed by atoms with E-state index in [1.165, 1.54) is 7.11 Å². The van der Waals surface area contributed by atoms with Crippen LogP contribution in [0, 0.1) is 0 Å². The second-order valence-electron chi connectivity index (χ2n) is 3.04. The molecule has 0 saturated heterocycles. The Balaban J connectivity index is 3.83. The molecule has 0 amide bonds. The predicted octanol–water partition coefficient (Wildman–Crippen LogP) is 0.228. The van der Waals surface area contributed by atoms with Crippen LogP contribution in [0.4, 0.5) is 0 Å². The summed E-state index contributed by atoms with van der Waals surface area (Å²) in [5.74, 6) is -0.271. The van der Waals surface area contributed by atoms with Crippen LogP contribution in [0.1, 0.15) is 13.8 Å². The minimum atomic E-state index is -0.271. The number of esters is 1. The van der Waals surface area contributed by atoms with Crippen LogP contribution in [0.5, 0.6) is 0 Å². The van der Waals surface area contributed by atoms with Crippen LogP contribution in [0.3, 0.4) is 0 Å². The fourth-order valence-corrected chi connectivity index (χ4v) is 0.741. The molecule has 4 nitrogen and oxygen atoms in total. The molecule has 0 atom stereocenters. The van der Waals surface area contributed by atoms with E-state index in [2.05, 4.69) is 15.0 Å². The van der Waals surface area contributed by atoms with Gasteiger partial charge in [0.1, 0.15) is 0 Å². The lowest BCUT2D eigenvalue weighted by molar-refractivity contribution is -0.139. The molecular formula is C8H16N2O2. The highest BCUT2D eigenvalue weighted by Gasteiger charge is 2.14. The van der Waals surface area contributed by atoms with E-state index in [0.717, 1.165) is 0 Å². The molecule has 0 bridgehead atoms. The Labute approximate surface area is 73.0 Å². The Morgan fingerprint density at radius 2 is 2.25 bits per heavy atom. The second kappa shape index (κ2) is 4.87. The average Bonchev–Trinajstić information content (AvgIpc) is 2.00. The molecule has 0 aromatic carbocycles. The van der Waals surface area contributed by atoms with Crippen molar-refractivity contribution < 1.29 is 9.53 Å². The van der Waals surface area contributed by atoms with Gasteiger partial charge in [0.25, 0.3) is 0 Å². The van der Waals surface area contributed by atoms with Crippen molar-refractivity contribution in [3.63, 3.8) is 0 Å². The summed E-state index contributed by atoms with van der Waals surface area (Å²) in [6, 6.07) is 0. The van der Waals surface area contributed by atoms with Crippen molar-refractivity contribution >= 4 is 12.2 Å². The zero-order chi connectivity index (χ0) is 9.61. The minimum absolute atomic E-state index is 0.204. The Hall–Kier alpha value is -0.900. The van der Waals surface area contributed by atoms with Crippen molar-refractivity contribution in [1.29, 1.82) is 0 Å². The third-order valence-corrected chi connectivity index (χ3v) is 1.37. The number of nitrogens with zero attached hydrogens (tertiary/aromatic N) is 1. The quantitative estimate of drug-likeness (QED) is 0.488. The van der Waals surface area contributed by atoms with E-state index >= 15 is 0 Å². The maximum absolute atomic E-state index is 10.7. The molecule has 0 unspecified atom stereocenters. The number of hydrogen-bond acceptors (Lipinski definition) is 4. The van der Waals surface area contributed by atoms with Gasteiger partial charge in [-0.3, -0.25) is 15.1 Å². The summed E-state index contributed by atoms with van der Waals surface area (Å²) in [5, 5.41) is 2.99. The normalized spacial score (nSPS) is 12.0. The fraction of sp³-hybridized carbons (Fsp3) is 0.750. The molecule has 12 heavy (non-hydrogen) atoms. The Kier molecular flexibility index (Phi) is 4.51. The van der Waals surface area contributed by atoms with E-state index < -0.39 is 0 Å². The molecule has 0 saturated carbocycles. The number of rotatable bonds is 4. The zero-order valence-corrected chi connectivity index (χ0v) is 8.05. The summed E-state index contributed by atoms with van der Waals surface area (Å²) in [4.78, 5) is 14.6. The van der Waals surface area contributed by atoms with Crippen LogP contribution in [0.2, 0.25) is 0 Å². The predicted molar refractivity (Wildman–Crippen MR) is 48.5 cm³/mol. The second-order valence-corrected chi connectivity index (χ2v) is 3.04. The highest BCUT2D eigenvalue weighted by Crippen LogP contribution is 1.96. The van der Waals surface area contributed by atoms with Crippen molar-refractivity contribution in [2.45, 2.75) is 19.4 Å². The van der Waals surface area contributed by atoms with Crippen molar-refractivity contribution in [2.24, 2.45) is 4.99 Å². The lowest BCUT2D eigenvalue weighted by Crippen LogP contribution is -2.43. The van der Waals surface area contributed by atoms with Gasteiger partial charge >= 0.3 is 5.97 Å². The number of nitrogens with one attached hydrogen (secondary N) is 1. The van der Waals surface area contributed by atoms with Crippen molar-refractivity contribution in [2.75, 3.05) is 20.7 Å². The Morgan fingerprint density at radius 1 is 1.67 bits per heavy atom. The molecule has 70 valence electrons. The molecule has 1 N–H and O–H groups in total. The molecule has 4 heteroatoms. The van der Waals surface area contributed by atoms with Gasteiger partial charge in [-0.15, -0.1) is 0 Å². The molecule has 0 spiro atoms. The van der Waals surface area contributed by atoms with Gasteiger partial charge in [-0.05, 0) is 13.8 Å². The molecule has 0 aromatic heterocycles. The van der Waals surface area contributed by atoms with E-state index in [0.29, 0.717) is 0 Å². The maximum atomic E-state index is 10.7. The number of ether oxygens (including phenoxy) is 1. The Bertz CT molecular complexity index is 176. The zero-order valence-electron chi connectivity index (χ0n) is 8.05. The summed E-state index contributed by atoms with van der Waals surface area (Å²) in [7, 11) is 3.06. The van der Waals surface area contributed by atoms with Gasteiger partial charge in [0, 0.05) is 18.8 Å². The van der Waals surface area contributed by atoms with Crippen LogP contribution < -0.4 is 5.32 Å². The highest BCUT2D eigenvalue weighted by molar-refractivity contribution is 5.74. The van der Waals surface area contributed by atoms with Crippen molar-refractivity contribution in [3.05, 3.63) is 0 Å². The summed E-state index contributed by atoms with van der Waals surface area (Å²) < 4.78 is 4.48. The average molecular weight is 172 g/mol. The molecule has 0 aliphatic rings. The van der Waals surface area contributed by atoms with Crippen molar-refractivity contribution in [3.8, 4) is 0 Å². The summed E-state index contributed by atoms with van der Waals surface area (Å²) in [6.07, 6.45) is 1.75. The molecule has 0 rings (SSSR count). The van der Waals surface area contributed by atoms with Crippen LogP contribution >= 0.6 is 0 Å². The van der Waals surface area contributed by atoms with Gasteiger partial charge in [0.05, 0.1) is 13.7 Å². The van der Waals surface area contributed by atoms with Gasteiger partial charge in [-0.2, -0.15) is 0 Å². The SMILES string of the molecule is CN=CC(C)(C)NCC(=O)OC. The summed E-state index contributed by atoms with van der Waals surface area (Å²) in [6.45, 7) is 4.07. The van der Waals surface area contributed by atoms with Gasteiger partial charge in [0.15, 0.2) is 0 Å². The monoisotopic (exact) mass is 172 g/mol. The van der Waals surface area contributed by atoms with Crippen LogP contribution in [0.25, 0.3) is 0 Å². The number of carbonyl (C=O) groups excluding carboxylic acids is 1. The maximum Gasteiger partial charge on any atom is 0.319 e. The lowest BCUT2D eigenvalue weighted by Gasteiger charge is -2.19. The van der Waals surface area contributed by atoms with E-state index in [-0.39, 0.29) is 18.1 Å². The summed E-state index contributed by atoms with van der Waals surface area (Å²) in [5.41, 5.74) is -0.261. The molecule has 0 radical (unpaired) electrons. The standard InChI is InChI=1S/C8H16N2O2/c1-8(2,6-9-3)10-5-7(11)12-4/h6,10H,5H2,1-4H3. The van der Waals surface area contributed by atoms with E-state index in [1.807, 2.05) is 13.8 Å². The van der Waals surface area contributed by atoms with Crippen LogP contribution in [0.15, 0.2) is 4.99 Å². The van der Waals surface area contributed by atoms with E-state index in [9.17, 15) is 4.79 Å². The summed E-state index contributed by atoms with van der Waals surface area (Å²) >= 11 is 0. The number of carbonyl (C=O) groups is 1. The molecule has 0 aromatic rings. The minimum Gasteiger partial charge on any atom is -0.468 e. The smallest absolute Gasteiger partial charge is 0.319 e. The molecular weight excluding hydrogens is 156 g/mol. The lowest BCUT2D eigenvalue weighted by atomic mass is 10.1. The van der Waals surface area contributed by atoms with Crippen LogP contribution in [-0.2, 0) is 9.53 Å².